The second-order valence-corrected chi connectivity index (χ2v) is 11.0. The Morgan fingerprint density at radius 2 is 1.61 bits per heavy atom. The van der Waals surface area contributed by atoms with Crippen LogP contribution >= 0.6 is 0 Å². The zero-order valence-electron chi connectivity index (χ0n) is 21.5. The van der Waals surface area contributed by atoms with Gasteiger partial charge >= 0.3 is 0 Å². The largest absolute Gasteiger partial charge is 0.475 e. The lowest BCUT2D eigenvalue weighted by Gasteiger charge is -2.21. The molecule has 0 radical (unpaired) electrons. The molecular formula is C32H31N3O. The van der Waals surface area contributed by atoms with E-state index in [1.165, 1.54) is 27.4 Å². The molecule has 3 heterocycles. The van der Waals surface area contributed by atoms with E-state index in [0.29, 0.717) is 6.61 Å². The number of aryl methyl sites for hydroxylation is 2. The predicted octanol–water partition coefficient (Wildman–Crippen LogP) is 7.65. The Bertz CT molecular complexity index is 1650. The van der Waals surface area contributed by atoms with Crippen LogP contribution in [0.2, 0.25) is 0 Å². The Kier molecular flexibility index (Phi) is 5.22. The molecule has 3 aromatic carbocycles. The van der Waals surface area contributed by atoms with Gasteiger partial charge in [0.1, 0.15) is 6.61 Å². The van der Waals surface area contributed by atoms with Crippen molar-refractivity contribution < 1.29 is 4.74 Å². The maximum atomic E-state index is 6.10. The second kappa shape index (κ2) is 8.34. The number of rotatable bonds is 3. The first kappa shape index (κ1) is 22.5. The number of aromatic nitrogens is 2. The Morgan fingerprint density at radius 1 is 0.806 bits per heavy atom. The lowest BCUT2D eigenvalue weighted by Crippen LogP contribution is -2.25. The molecule has 0 amide bonds. The van der Waals surface area contributed by atoms with Crippen molar-refractivity contribution in [2.45, 2.75) is 40.7 Å². The van der Waals surface area contributed by atoms with Crippen molar-refractivity contribution in [1.29, 1.82) is 0 Å². The SMILES string of the molecule is Cc1cc(C2=N[C@H](C(C)(C)C)CO2)cc(-n2c3ccccc3c3ccc(-c4cc(C)ccn4)cc32)c1. The first-order chi connectivity index (χ1) is 17.3. The molecule has 5 aromatic rings. The van der Waals surface area contributed by atoms with E-state index in [1.807, 2.05) is 12.3 Å². The monoisotopic (exact) mass is 473 g/mol. The molecule has 0 spiro atoms. The molecular weight excluding hydrogens is 442 g/mol. The van der Waals surface area contributed by atoms with E-state index in [0.717, 1.165) is 33.9 Å². The lowest BCUT2D eigenvalue weighted by molar-refractivity contribution is 0.236. The van der Waals surface area contributed by atoms with E-state index >= 15 is 0 Å². The maximum absolute atomic E-state index is 6.10. The molecule has 36 heavy (non-hydrogen) atoms. The summed E-state index contributed by atoms with van der Waals surface area (Å²) < 4.78 is 8.46. The average Bonchev–Trinajstić information content (AvgIpc) is 3.47. The molecule has 0 saturated carbocycles. The molecule has 6 rings (SSSR count). The summed E-state index contributed by atoms with van der Waals surface area (Å²) in [6, 6.07) is 26.2. The fraction of sp³-hybridized carbons (Fsp3) is 0.250. The quantitative estimate of drug-likeness (QED) is 0.270. The van der Waals surface area contributed by atoms with Crippen LogP contribution in [-0.4, -0.2) is 28.1 Å². The number of nitrogens with zero attached hydrogens (tertiary/aromatic N) is 3. The van der Waals surface area contributed by atoms with Gasteiger partial charge in [0.15, 0.2) is 0 Å². The van der Waals surface area contributed by atoms with Gasteiger partial charge in [0, 0.05) is 33.8 Å². The topological polar surface area (TPSA) is 39.4 Å². The third kappa shape index (κ3) is 3.87. The van der Waals surface area contributed by atoms with Crippen LogP contribution < -0.4 is 0 Å². The molecule has 0 bridgehead atoms. The fourth-order valence-corrected chi connectivity index (χ4v) is 5.09. The highest BCUT2D eigenvalue weighted by Gasteiger charge is 2.31. The Hall–Kier alpha value is -3.92. The van der Waals surface area contributed by atoms with Gasteiger partial charge in [-0.1, -0.05) is 51.1 Å². The van der Waals surface area contributed by atoms with Crippen LogP contribution in [0, 0.1) is 19.3 Å². The third-order valence-corrected chi connectivity index (χ3v) is 7.10. The first-order valence-electron chi connectivity index (χ1n) is 12.6. The van der Waals surface area contributed by atoms with E-state index < -0.39 is 0 Å². The van der Waals surface area contributed by atoms with E-state index in [9.17, 15) is 0 Å². The Labute approximate surface area is 212 Å². The van der Waals surface area contributed by atoms with E-state index in [-0.39, 0.29) is 11.5 Å². The van der Waals surface area contributed by atoms with E-state index in [1.54, 1.807) is 0 Å². The Balaban J connectivity index is 1.56. The van der Waals surface area contributed by atoms with Crippen molar-refractivity contribution in [3.63, 3.8) is 0 Å². The summed E-state index contributed by atoms with van der Waals surface area (Å²) in [4.78, 5) is 9.60. The number of fused-ring (bicyclic) bond motifs is 3. The summed E-state index contributed by atoms with van der Waals surface area (Å²) in [6.45, 7) is 11.5. The number of hydrogen-bond acceptors (Lipinski definition) is 3. The highest BCUT2D eigenvalue weighted by Crippen LogP contribution is 2.35. The second-order valence-electron chi connectivity index (χ2n) is 11.0. The van der Waals surface area contributed by atoms with Crippen molar-refractivity contribution >= 4 is 27.7 Å². The molecule has 0 aliphatic carbocycles. The van der Waals surface area contributed by atoms with Crippen molar-refractivity contribution in [3.05, 3.63) is 95.7 Å². The average molecular weight is 474 g/mol. The molecule has 2 aromatic heterocycles. The van der Waals surface area contributed by atoms with Crippen LogP contribution in [0.5, 0.6) is 0 Å². The van der Waals surface area contributed by atoms with Gasteiger partial charge in [-0.05, 0) is 72.9 Å². The highest BCUT2D eigenvalue weighted by molar-refractivity contribution is 6.10. The molecule has 1 aliphatic rings. The molecule has 1 atom stereocenters. The van der Waals surface area contributed by atoms with Gasteiger partial charge in [-0.2, -0.15) is 0 Å². The number of para-hydroxylation sites is 1. The van der Waals surface area contributed by atoms with Crippen LogP contribution in [0.3, 0.4) is 0 Å². The number of aliphatic imine (C=N–C) groups is 1. The van der Waals surface area contributed by atoms with Crippen LogP contribution in [0.15, 0.2) is 84.0 Å². The summed E-state index contributed by atoms with van der Waals surface area (Å²) >= 11 is 0. The summed E-state index contributed by atoms with van der Waals surface area (Å²) in [6.07, 6.45) is 1.88. The summed E-state index contributed by atoms with van der Waals surface area (Å²) in [5.74, 6) is 0.741. The fourth-order valence-electron chi connectivity index (χ4n) is 5.09. The van der Waals surface area contributed by atoms with Gasteiger partial charge in [-0.25, -0.2) is 4.99 Å². The van der Waals surface area contributed by atoms with Gasteiger partial charge < -0.3 is 9.30 Å². The minimum absolute atomic E-state index is 0.0709. The molecule has 0 fully saturated rings. The molecule has 1 aliphatic heterocycles. The van der Waals surface area contributed by atoms with E-state index in [4.69, 9.17) is 9.73 Å². The van der Waals surface area contributed by atoms with Crippen LogP contribution in [0.1, 0.15) is 37.5 Å². The van der Waals surface area contributed by atoms with Crippen LogP contribution in [0.25, 0.3) is 38.8 Å². The normalized spacial score (nSPS) is 15.9. The van der Waals surface area contributed by atoms with Crippen molar-refractivity contribution in [3.8, 4) is 16.9 Å². The summed E-state index contributed by atoms with van der Waals surface area (Å²) in [5, 5.41) is 2.47. The minimum atomic E-state index is 0.0709. The lowest BCUT2D eigenvalue weighted by atomic mass is 9.88. The number of hydrogen-bond donors (Lipinski definition) is 0. The number of benzene rings is 3. The van der Waals surface area contributed by atoms with Crippen molar-refractivity contribution in [2.24, 2.45) is 10.4 Å². The van der Waals surface area contributed by atoms with Gasteiger partial charge in [-0.15, -0.1) is 0 Å². The number of pyridine rings is 1. The first-order valence-corrected chi connectivity index (χ1v) is 12.6. The highest BCUT2D eigenvalue weighted by atomic mass is 16.5. The molecule has 180 valence electrons. The summed E-state index contributed by atoms with van der Waals surface area (Å²) in [7, 11) is 0. The van der Waals surface area contributed by atoms with Gasteiger partial charge in [0.2, 0.25) is 5.90 Å². The molecule has 4 nitrogen and oxygen atoms in total. The molecule has 0 N–H and O–H groups in total. The third-order valence-electron chi connectivity index (χ3n) is 7.10. The van der Waals surface area contributed by atoms with Gasteiger partial charge in [0.05, 0.1) is 22.8 Å². The molecule has 0 saturated heterocycles. The van der Waals surface area contributed by atoms with Crippen LogP contribution in [-0.2, 0) is 4.74 Å². The zero-order chi connectivity index (χ0) is 25.0. The maximum Gasteiger partial charge on any atom is 0.216 e. The number of ether oxygens (including phenoxy) is 1. The molecule has 4 heteroatoms. The smallest absolute Gasteiger partial charge is 0.216 e. The van der Waals surface area contributed by atoms with Crippen LogP contribution in [0.4, 0.5) is 0 Å². The van der Waals surface area contributed by atoms with Gasteiger partial charge in [-0.3, -0.25) is 4.98 Å². The van der Waals surface area contributed by atoms with Crippen molar-refractivity contribution in [1.82, 2.24) is 9.55 Å². The standard InChI is InChI=1S/C32H31N3O/c1-20-12-13-33-27(16-20)22-10-11-26-25-8-6-7-9-28(25)35(29(26)18-22)24-15-21(2)14-23(17-24)31-34-30(19-36-31)32(3,4)5/h6-18,30H,19H2,1-5H3/t30-/m0/s1. The van der Waals surface area contributed by atoms with Crippen molar-refractivity contribution in [2.75, 3.05) is 6.61 Å². The Morgan fingerprint density at radius 3 is 2.39 bits per heavy atom. The zero-order valence-corrected chi connectivity index (χ0v) is 21.5. The minimum Gasteiger partial charge on any atom is -0.475 e. The predicted molar refractivity (Wildman–Crippen MR) is 149 cm³/mol. The van der Waals surface area contributed by atoms with E-state index in [2.05, 4.69) is 111 Å². The van der Waals surface area contributed by atoms with Gasteiger partial charge in [0.25, 0.3) is 0 Å². The summed E-state index contributed by atoms with van der Waals surface area (Å²) in [5.41, 5.74) is 9.03. The molecule has 0 unspecified atom stereocenters.